The van der Waals surface area contributed by atoms with Crippen LogP contribution in [0.3, 0.4) is 0 Å². The number of imide groups is 1. The Morgan fingerprint density at radius 3 is 1.79 bits per heavy atom. The summed E-state index contributed by atoms with van der Waals surface area (Å²) >= 11 is 0. The number of carbonyl (C=O) groups is 2. The molecule has 0 aromatic heterocycles. The van der Waals surface area contributed by atoms with E-state index in [9.17, 15) is 29.8 Å². The number of carbonyl (C=O) groups excluding carboxylic acids is 2. The third-order valence-electron chi connectivity index (χ3n) is 4.66. The van der Waals surface area contributed by atoms with E-state index < -0.39 is 21.7 Å². The summed E-state index contributed by atoms with van der Waals surface area (Å²) in [7, 11) is 0. The van der Waals surface area contributed by atoms with E-state index in [2.05, 4.69) is 0 Å². The lowest BCUT2D eigenvalue weighted by Gasteiger charge is -2.28. The molecule has 0 fully saturated rings. The number of hydrogen-bond donors (Lipinski definition) is 0. The van der Waals surface area contributed by atoms with Gasteiger partial charge < -0.3 is 0 Å². The van der Waals surface area contributed by atoms with Crippen molar-refractivity contribution in [1.29, 1.82) is 0 Å². The maximum Gasteiger partial charge on any atom is 0.270 e. The highest BCUT2D eigenvalue weighted by molar-refractivity contribution is 6.36. The van der Waals surface area contributed by atoms with Gasteiger partial charge in [-0.25, -0.2) is 4.90 Å². The summed E-state index contributed by atoms with van der Waals surface area (Å²) in [5, 5.41) is 22.9. The molecular weight excluding hydrogens is 366 g/mol. The molecule has 9 nitrogen and oxygen atoms in total. The van der Waals surface area contributed by atoms with Gasteiger partial charge in [-0.2, -0.15) is 0 Å². The summed E-state index contributed by atoms with van der Waals surface area (Å²) in [5.41, 5.74) is 0.0886. The lowest BCUT2D eigenvalue weighted by molar-refractivity contribution is -0.385. The molecule has 0 saturated heterocycles. The van der Waals surface area contributed by atoms with Crippen LogP contribution >= 0.6 is 0 Å². The first-order valence-corrected chi connectivity index (χ1v) is 8.14. The van der Waals surface area contributed by atoms with E-state index in [0.29, 0.717) is 11.3 Å². The minimum Gasteiger partial charge on any atom is -0.268 e. The van der Waals surface area contributed by atoms with Crippen LogP contribution in [0.2, 0.25) is 0 Å². The number of nitro groups is 2. The van der Waals surface area contributed by atoms with Crippen molar-refractivity contribution in [3.63, 3.8) is 0 Å². The molecule has 138 valence electrons. The standard InChI is InChI=1S/C19H11N3O6/c1-10-4-2-3-5-16(10)20-18(23)14-8-12(21(25)26)6-11-7-13(22(27)28)9-15(17(11)14)19(20)24/h2-9H,1H3. The van der Waals surface area contributed by atoms with E-state index in [4.69, 9.17) is 0 Å². The zero-order chi connectivity index (χ0) is 20.2. The van der Waals surface area contributed by atoms with Gasteiger partial charge in [0.2, 0.25) is 0 Å². The van der Waals surface area contributed by atoms with Crippen LogP contribution in [0.15, 0.2) is 48.5 Å². The molecule has 2 amide bonds. The first-order valence-electron chi connectivity index (χ1n) is 8.14. The lowest BCUT2D eigenvalue weighted by atomic mass is 9.92. The third kappa shape index (κ3) is 2.41. The minimum atomic E-state index is -0.714. The van der Waals surface area contributed by atoms with E-state index in [1.165, 1.54) is 0 Å². The number of benzene rings is 3. The van der Waals surface area contributed by atoms with Gasteiger partial charge in [-0.15, -0.1) is 0 Å². The summed E-state index contributed by atoms with van der Waals surface area (Å²) in [6.07, 6.45) is 0. The number of nitrogens with zero attached hydrogens (tertiary/aromatic N) is 3. The SMILES string of the molecule is Cc1ccccc1N1C(=O)c2cc([N+](=O)[O-])cc3cc([N+](=O)[O-])cc(c23)C1=O. The highest BCUT2D eigenvalue weighted by atomic mass is 16.6. The fraction of sp³-hybridized carbons (Fsp3) is 0.0526. The topological polar surface area (TPSA) is 124 Å². The molecule has 3 aromatic carbocycles. The quantitative estimate of drug-likeness (QED) is 0.389. The molecule has 1 aliphatic rings. The Bertz CT molecular complexity index is 1170. The van der Waals surface area contributed by atoms with Crippen molar-refractivity contribution in [3.8, 4) is 0 Å². The number of rotatable bonds is 3. The van der Waals surface area contributed by atoms with E-state index in [0.717, 1.165) is 29.2 Å². The van der Waals surface area contributed by atoms with Gasteiger partial charge in [-0.05, 0) is 23.9 Å². The monoisotopic (exact) mass is 377 g/mol. The van der Waals surface area contributed by atoms with Gasteiger partial charge in [-0.3, -0.25) is 29.8 Å². The Labute approximate surface area is 157 Å². The molecule has 1 heterocycles. The Balaban J connectivity index is 2.09. The van der Waals surface area contributed by atoms with Crippen molar-refractivity contribution in [2.24, 2.45) is 0 Å². The zero-order valence-electron chi connectivity index (χ0n) is 14.4. The number of nitro benzene ring substituents is 2. The van der Waals surface area contributed by atoms with Gasteiger partial charge in [0.05, 0.1) is 26.7 Å². The second-order valence-corrected chi connectivity index (χ2v) is 6.33. The fourth-order valence-electron chi connectivity index (χ4n) is 3.40. The van der Waals surface area contributed by atoms with Crippen LogP contribution < -0.4 is 4.90 Å². The van der Waals surface area contributed by atoms with E-state index in [1.54, 1.807) is 31.2 Å². The number of anilines is 1. The average Bonchev–Trinajstić information content (AvgIpc) is 2.66. The van der Waals surface area contributed by atoms with Crippen LogP contribution in [0, 0.1) is 27.2 Å². The smallest absolute Gasteiger partial charge is 0.268 e. The molecule has 0 spiro atoms. The maximum absolute atomic E-state index is 13.1. The summed E-state index contributed by atoms with van der Waals surface area (Å²) in [4.78, 5) is 48.3. The Morgan fingerprint density at radius 1 is 0.821 bits per heavy atom. The normalized spacial score (nSPS) is 13.1. The highest BCUT2D eigenvalue weighted by Gasteiger charge is 2.37. The molecule has 0 N–H and O–H groups in total. The molecule has 4 rings (SSSR count). The molecule has 0 unspecified atom stereocenters. The van der Waals surface area contributed by atoms with Gasteiger partial charge >= 0.3 is 0 Å². The van der Waals surface area contributed by atoms with Crippen molar-refractivity contribution in [3.05, 3.63) is 85.4 Å². The summed E-state index contributed by atoms with van der Waals surface area (Å²) in [6, 6.07) is 11.1. The van der Waals surface area contributed by atoms with Crippen LogP contribution in [0.1, 0.15) is 26.3 Å². The molecular formula is C19H11N3O6. The summed E-state index contributed by atoms with van der Waals surface area (Å²) < 4.78 is 0. The van der Waals surface area contributed by atoms with Gasteiger partial charge in [-0.1, -0.05) is 18.2 Å². The molecule has 0 aliphatic carbocycles. The van der Waals surface area contributed by atoms with Gasteiger partial charge in [0.15, 0.2) is 0 Å². The van der Waals surface area contributed by atoms with Crippen molar-refractivity contribution in [1.82, 2.24) is 0 Å². The predicted molar refractivity (Wildman–Crippen MR) is 99.6 cm³/mol. The third-order valence-corrected chi connectivity index (χ3v) is 4.66. The van der Waals surface area contributed by atoms with Crippen molar-refractivity contribution >= 4 is 39.6 Å². The second kappa shape index (κ2) is 5.95. The first kappa shape index (κ1) is 17.3. The van der Waals surface area contributed by atoms with Gasteiger partial charge in [0.1, 0.15) is 0 Å². The van der Waals surface area contributed by atoms with Crippen LogP contribution in [0.4, 0.5) is 17.1 Å². The molecule has 28 heavy (non-hydrogen) atoms. The summed E-state index contributed by atoms with van der Waals surface area (Å²) in [6.45, 7) is 1.71. The van der Waals surface area contributed by atoms with Crippen LogP contribution in [-0.4, -0.2) is 21.7 Å². The number of amides is 2. The Kier molecular flexibility index (Phi) is 3.67. The molecule has 9 heteroatoms. The fourth-order valence-corrected chi connectivity index (χ4v) is 3.40. The molecule has 0 saturated carbocycles. The lowest BCUT2D eigenvalue weighted by Crippen LogP contribution is -2.41. The second-order valence-electron chi connectivity index (χ2n) is 6.33. The largest absolute Gasteiger partial charge is 0.270 e. The van der Waals surface area contributed by atoms with Crippen molar-refractivity contribution in [2.75, 3.05) is 4.90 Å². The Morgan fingerprint density at radius 2 is 1.32 bits per heavy atom. The average molecular weight is 377 g/mol. The number of non-ortho nitro benzene ring substituents is 2. The van der Waals surface area contributed by atoms with Crippen LogP contribution in [0.25, 0.3) is 10.8 Å². The first-order chi connectivity index (χ1) is 13.3. The number of para-hydroxylation sites is 1. The molecule has 0 atom stereocenters. The van der Waals surface area contributed by atoms with Gasteiger partial charge in [0.25, 0.3) is 23.2 Å². The van der Waals surface area contributed by atoms with Crippen LogP contribution in [-0.2, 0) is 0 Å². The molecule has 1 aliphatic heterocycles. The summed E-state index contributed by atoms with van der Waals surface area (Å²) in [5.74, 6) is -1.43. The highest BCUT2D eigenvalue weighted by Crippen LogP contribution is 2.38. The van der Waals surface area contributed by atoms with Gasteiger partial charge in [0, 0.05) is 29.7 Å². The van der Waals surface area contributed by atoms with Crippen LogP contribution in [0.5, 0.6) is 0 Å². The van der Waals surface area contributed by atoms with Crippen molar-refractivity contribution in [2.45, 2.75) is 6.92 Å². The van der Waals surface area contributed by atoms with E-state index >= 15 is 0 Å². The maximum atomic E-state index is 13.1. The van der Waals surface area contributed by atoms with E-state index in [-0.39, 0.29) is 33.3 Å². The molecule has 0 bridgehead atoms. The minimum absolute atomic E-state index is 0.0445. The Hall–Kier alpha value is -4.14. The molecule has 3 aromatic rings. The number of aryl methyl sites for hydroxylation is 1. The van der Waals surface area contributed by atoms with Crippen molar-refractivity contribution < 1.29 is 19.4 Å². The predicted octanol–water partition coefficient (Wildman–Crippen LogP) is 3.77. The molecule has 0 radical (unpaired) electrons. The number of hydrogen-bond acceptors (Lipinski definition) is 6. The zero-order valence-corrected chi connectivity index (χ0v) is 14.4. The van der Waals surface area contributed by atoms with E-state index in [1.807, 2.05) is 0 Å².